The normalized spacial score (nSPS) is 19.6. The van der Waals surface area contributed by atoms with Crippen LogP contribution >= 0.6 is 24.0 Å². The minimum absolute atomic E-state index is 0.308. The summed E-state index contributed by atoms with van der Waals surface area (Å²) in [6, 6.07) is 7.20. The molecule has 1 aromatic carbocycles. The summed E-state index contributed by atoms with van der Waals surface area (Å²) < 4.78 is 11.1. The van der Waals surface area contributed by atoms with E-state index in [1.807, 2.05) is 36.2 Å². The average molecular weight is 363 g/mol. The van der Waals surface area contributed by atoms with E-state index >= 15 is 0 Å². The monoisotopic (exact) mass is 363 g/mol. The molecular weight excluding hydrogens is 346 g/mol. The lowest BCUT2D eigenvalue weighted by Crippen LogP contribution is -2.43. The van der Waals surface area contributed by atoms with Gasteiger partial charge in [-0.1, -0.05) is 24.4 Å². The number of benzene rings is 1. The molecule has 0 aliphatic carbocycles. The molecule has 1 aromatic rings. The predicted octanol–water partition coefficient (Wildman–Crippen LogP) is 2.78. The first-order valence-electron chi connectivity index (χ1n) is 7.43. The van der Waals surface area contributed by atoms with E-state index in [1.54, 1.807) is 14.0 Å². The summed E-state index contributed by atoms with van der Waals surface area (Å²) in [6.45, 7) is 3.91. The van der Waals surface area contributed by atoms with Crippen molar-refractivity contribution in [3.63, 3.8) is 0 Å². The molecule has 1 N–H and O–H groups in total. The second-order valence-electron chi connectivity index (χ2n) is 5.16. The number of amidine groups is 1. The van der Waals surface area contributed by atoms with Gasteiger partial charge < -0.3 is 9.47 Å². The maximum atomic E-state index is 12.5. The number of nitrogens with zero attached hydrogens (tertiary/aromatic N) is 2. The molecule has 0 saturated carbocycles. The Hall–Kier alpha value is -2.06. The number of nitrogens with one attached hydrogen (secondary N) is 1. The molecule has 1 saturated heterocycles. The Kier molecular flexibility index (Phi) is 4.77. The van der Waals surface area contributed by atoms with Gasteiger partial charge in [-0.15, -0.1) is 0 Å². The summed E-state index contributed by atoms with van der Waals surface area (Å²) in [7, 11) is 1.62. The number of allylic oxidation sites excluding steroid dienone is 1. The van der Waals surface area contributed by atoms with E-state index in [-0.39, 0.29) is 12.0 Å². The molecule has 6 nitrogen and oxygen atoms in total. The molecule has 0 amide bonds. The van der Waals surface area contributed by atoms with Crippen LogP contribution in [-0.2, 0) is 9.53 Å². The standard InChI is InChI=1S/C16H17N3O3S2/c1-4-22-14(20)12-9(2)17-15-19(18-16(23)24-15)13(12)10-5-7-11(21-3)8-6-10/h5-8,13H,4H2,1-3H3,(H,18,23). The van der Waals surface area contributed by atoms with Gasteiger partial charge in [-0.05, 0) is 43.3 Å². The van der Waals surface area contributed by atoms with Crippen molar-refractivity contribution in [2.75, 3.05) is 13.7 Å². The van der Waals surface area contributed by atoms with E-state index in [9.17, 15) is 4.79 Å². The first kappa shape index (κ1) is 16.8. The zero-order chi connectivity index (χ0) is 17.3. The van der Waals surface area contributed by atoms with Crippen molar-refractivity contribution >= 4 is 39.4 Å². The molecule has 126 valence electrons. The van der Waals surface area contributed by atoms with E-state index in [1.165, 1.54) is 11.8 Å². The van der Waals surface area contributed by atoms with E-state index in [0.717, 1.165) is 16.5 Å². The Morgan fingerprint density at radius 2 is 2.12 bits per heavy atom. The van der Waals surface area contributed by atoms with Gasteiger partial charge in [-0.3, -0.25) is 10.4 Å². The quantitative estimate of drug-likeness (QED) is 0.652. The molecule has 1 atom stereocenters. The molecule has 1 fully saturated rings. The SMILES string of the molecule is CCOC(=O)C1=C(C)N=C2SC(=S)NN2C1c1ccc(OC)cc1. The molecule has 24 heavy (non-hydrogen) atoms. The molecule has 0 spiro atoms. The van der Waals surface area contributed by atoms with Crippen molar-refractivity contribution in [3.8, 4) is 5.75 Å². The Balaban J connectivity index is 2.07. The van der Waals surface area contributed by atoms with Crippen LogP contribution in [0.15, 0.2) is 40.5 Å². The molecule has 0 bridgehead atoms. The van der Waals surface area contributed by atoms with E-state index < -0.39 is 0 Å². The smallest absolute Gasteiger partial charge is 0.338 e. The van der Waals surface area contributed by atoms with E-state index in [4.69, 9.17) is 21.7 Å². The molecule has 8 heteroatoms. The first-order valence-corrected chi connectivity index (χ1v) is 8.65. The number of thiocarbonyl (C=S) groups is 1. The van der Waals surface area contributed by atoms with Gasteiger partial charge in [0.15, 0.2) is 9.49 Å². The number of hydrogen-bond acceptors (Lipinski definition) is 7. The van der Waals surface area contributed by atoms with Gasteiger partial charge in [0, 0.05) is 0 Å². The second-order valence-corrected chi connectivity index (χ2v) is 6.81. The zero-order valence-corrected chi connectivity index (χ0v) is 15.2. The molecule has 2 aliphatic rings. The third kappa shape index (κ3) is 2.99. The molecule has 3 rings (SSSR count). The lowest BCUT2D eigenvalue weighted by atomic mass is 9.95. The fraction of sp³-hybridized carbons (Fsp3) is 0.312. The van der Waals surface area contributed by atoms with Crippen molar-refractivity contribution in [1.29, 1.82) is 0 Å². The maximum Gasteiger partial charge on any atom is 0.338 e. The van der Waals surface area contributed by atoms with Gasteiger partial charge in [0.25, 0.3) is 0 Å². The highest BCUT2D eigenvalue weighted by atomic mass is 32.2. The Labute approximate surface area is 149 Å². The predicted molar refractivity (Wildman–Crippen MR) is 97.7 cm³/mol. The highest BCUT2D eigenvalue weighted by molar-refractivity contribution is 8.33. The molecular formula is C16H17N3O3S2. The van der Waals surface area contributed by atoms with Gasteiger partial charge >= 0.3 is 5.97 Å². The highest BCUT2D eigenvalue weighted by Crippen LogP contribution is 2.39. The van der Waals surface area contributed by atoms with Gasteiger partial charge in [0.1, 0.15) is 11.8 Å². The lowest BCUT2D eigenvalue weighted by molar-refractivity contribution is -0.139. The number of hydrogen-bond donors (Lipinski definition) is 1. The summed E-state index contributed by atoms with van der Waals surface area (Å²) in [6.07, 6.45) is 0. The molecule has 0 aromatic heterocycles. The zero-order valence-electron chi connectivity index (χ0n) is 13.5. The van der Waals surface area contributed by atoms with Gasteiger partial charge in [0.2, 0.25) is 0 Å². The van der Waals surface area contributed by atoms with Crippen LogP contribution in [0.2, 0.25) is 0 Å². The lowest BCUT2D eigenvalue weighted by Gasteiger charge is -2.33. The largest absolute Gasteiger partial charge is 0.497 e. The molecule has 2 aliphatic heterocycles. The molecule has 2 heterocycles. The Morgan fingerprint density at radius 1 is 1.42 bits per heavy atom. The number of thioether (sulfide) groups is 1. The van der Waals surface area contributed by atoms with Gasteiger partial charge in [0.05, 0.1) is 25.0 Å². The second kappa shape index (κ2) is 6.82. The number of carbonyl (C=O) groups is 1. The average Bonchev–Trinajstić information content (AvgIpc) is 2.93. The van der Waals surface area contributed by atoms with Crippen molar-refractivity contribution in [2.45, 2.75) is 19.9 Å². The van der Waals surface area contributed by atoms with Crippen LogP contribution in [-0.4, -0.2) is 34.2 Å². The van der Waals surface area contributed by atoms with Gasteiger partial charge in [-0.25, -0.2) is 9.79 Å². The van der Waals surface area contributed by atoms with E-state index in [2.05, 4.69) is 10.4 Å². The van der Waals surface area contributed by atoms with Crippen LogP contribution in [0.1, 0.15) is 25.5 Å². The van der Waals surface area contributed by atoms with Gasteiger partial charge in [-0.2, -0.15) is 0 Å². The summed E-state index contributed by atoms with van der Waals surface area (Å²) in [4.78, 5) is 17.0. The number of ether oxygens (including phenoxy) is 2. The van der Waals surface area contributed by atoms with Crippen LogP contribution in [0.3, 0.4) is 0 Å². The topological polar surface area (TPSA) is 63.2 Å². The van der Waals surface area contributed by atoms with E-state index in [0.29, 0.717) is 22.2 Å². The van der Waals surface area contributed by atoms with Crippen LogP contribution in [0.25, 0.3) is 0 Å². The summed E-state index contributed by atoms with van der Waals surface area (Å²) in [5, 5.41) is 2.54. The number of rotatable bonds is 4. The minimum atomic E-state index is -0.372. The summed E-state index contributed by atoms with van der Waals surface area (Å²) in [5.41, 5.74) is 5.17. The van der Waals surface area contributed by atoms with Crippen molar-refractivity contribution in [3.05, 3.63) is 41.1 Å². The maximum absolute atomic E-state index is 12.5. The van der Waals surface area contributed by atoms with Crippen molar-refractivity contribution < 1.29 is 14.3 Å². The first-order chi connectivity index (χ1) is 11.5. The van der Waals surface area contributed by atoms with Crippen LogP contribution in [0, 0.1) is 0 Å². The van der Waals surface area contributed by atoms with Crippen LogP contribution < -0.4 is 10.2 Å². The minimum Gasteiger partial charge on any atom is -0.497 e. The number of esters is 1. The van der Waals surface area contributed by atoms with Crippen LogP contribution in [0.5, 0.6) is 5.75 Å². The fourth-order valence-corrected chi connectivity index (χ4v) is 3.72. The Bertz CT molecular complexity index is 743. The van der Waals surface area contributed by atoms with Crippen molar-refractivity contribution in [1.82, 2.24) is 10.4 Å². The van der Waals surface area contributed by atoms with Crippen LogP contribution in [0.4, 0.5) is 0 Å². The molecule has 1 unspecified atom stereocenters. The third-order valence-corrected chi connectivity index (χ3v) is 4.80. The highest BCUT2D eigenvalue weighted by Gasteiger charge is 2.40. The number of carbonyl (C=O) groups excluding carboxylic acids is 1. The Morgan fingerprint density at radius 3 is 2.75 bits per heavy atom. The number of hydrazine groups is 1. The number of fused-ring (bicyclic) bond motifs is 1. The third-order valence-electron chi connectivity index (χ3n) is 3.71. The molecule has 0 radical (unpaired) electrons. The summed E-state index contributed by atoms with van der Waals surface area (Å²) >= 11 is 6.62. The fourth-order valence-electron chi connectivity index (χ4n) is 2.65. The number of aliphatic imine (C=N–C) groups is 1. The van der Waals surface area contributed by atoms with Crippen molar-refractivity contribution in [2.24, 2.45) is 4.99 Å². The summed E-state index contributed by atoms with van der Waals surface area (Å²) in [5.74, 6) is 0.379. The number of methoxy groups -OCH3 is 1.